The van der Waals surface area contributed by atoms with E-state index in [2.05, 4.69) is 30.4 Å². The monoisotopic (exact) mass is 197 g/mol. The van der Waals surface area contributed by atoms with E-state index in [1.54, 1.807) is 11.1 Å². The molecule has 0 atom stereocenters. The van der Waals surface area contributed by atoms with Gasteiger partial charge in [0.05, 0.1) is 0 Å². The third-order valence-corrected chi connectivity index (χ3v) is 2.62. The number of hydrogen-bond acceptors (Lipinski definition) is 1. The van der Waals surface area contributed by atoms with Gasteiger partial charge >= 0.3 is 0 Å². The third-order valence-electron chi connectivity index (χ3n) is 2.62. The van der Waals surface area contributed by atoms with Crippen LogP contribution < -0.4 is 5.32 Å². The fraction of sp³-hybridized carbons (Fsp3) is 0.455. The molecule has 2 heteroatoms. The standard InChI is InChI=1S/C11H15N.ClH/c1-2-9-4-3-5-10-6-7-12-8-11(9)10;/h3-5,12H,2,6-8H2,1H3;1H. The van der Waals surface area contributed by atoms with Gasteiger partial charge in [-0.1, -0.05) is 25.1 Å². The molecule has 0 bridgehead atoms. The van der Waals surface area contributed by atoms with E-state index in [1.807, 2.05) is 0 Å². The largest absolute Gasteiger partial charge is 0.312 e. The smallest absolute Gasteiger partial charge is 0.0211 e. The summed E-state index contributed by atoms with van der Waals surface area (Å²) in [4.78, 5) is 0. The molecule has 1 N–H and O–H groups in total. The lowest BCUT2D eigenvalue weighted by Crippen LogP contribution is -2.24. The van der Waals surface area contributed by atoms with Crippen molar-refractivity contribution >= 4 is 12.4 Å². The first-order valence-electron chi connectivity index (χ1n) is 4.72. The second-order valence-electron chi connectivity index (χ2n) is 3.34. The van der Waals surface area contributed by atoms with Crippen molar-refractivity contribution in [3.05, 3.63) is 34.9 Å². The summed E-state index contributed by atoms with van der Waals surface area (Å²) in [6.07, 6.45) is 2.36. The Hall–Kier alpha value is -0.530. The number of fused-ring (bicyclic) bond motifs is 1. The molecule has 1 aromatic carbocycles. The van der Waals surface area contributed by atoms with Gasteiger partial charge in [0.15, 0.2) is 0 Å². The van der Waals surface area contributed by atoms with Crippen molar-refractivity contribution in [1.29, 1.82) is 0 Å². The number of hydrogen-bond donors (Lipinski definition) is 1. The molecule has 0 spiro atoms. The van der Waals surface area contributed by atoms with Gasteiger partial charge in [0, 0.05) is 6.54 Å². The molecule has 13 heavy (non-hydrogen) atoms. The SMILES string of the molecule is CCc1cccc2c1CNCC2.Cl. The minimum Gasteiger partial charge on any atom is -0.312 e. The summed E-state index contributed by atoms with van der Waals surface area (Å²) >= 11 is 0. The Morgan fingerprint density at radius 1 is 1.38 bits per heavy atom. The average Bonchev–Trinajstić information content (AvgIpc) is 2.17. The second-order valence-corrected chi connectivity index (χ2v) is 3.34. The zero-order valence-electron chi connectivity index (χ0n) is 7.97. The summed E-state index contributed by atoms with van der Waals surface area (Å²) in [5.74, 6) is 0. The van der Waals surface area contributed by atoms with Gasteiger partial charge in [-0.05, 0) is 36.1 Å². The van der Waals surface area contributed by atoms with Crippen LogP contribution in [0.4, 0.5) is 0 Å². The maximum atomic E-state index is 3.42. The van der Waals surface area contributed by atoms with Crippen LogP contribution in [0.3, 0.4) is 0 Å². The van der Waals surface area contributed by atoms with E-state index in [-0.39, 0.29) is 12.4 Å². The van der Waals surface area contributed by atoms with Crippen molar-refractivity contribution in [2.24, 2.45) is 0 Å². The molecule has 0 aromatic heterocycles. The number of aryl methyl sites for hydroxylation is 1. The van der Waals surface area contributed by atoms with E-state index in [0.29, 0.717) is 0 Å². The van der Waals surface area contributed by atoms with Crippen LogP contribution in [0.5, 0.6) is 0 Å². The summed E-state index contributed by atoms with van der Waals surface area (Å²) in [6.45, 7) is 4.43. The van der Waals surface area contributed by atoms with Crippen LogP contribution in [0.1, 0.15) is 23.6 Å². The fourth-order valence-corrected chi connectivity index (χ4v) is 1.92. The van der Waals surface area contributed by atoms with Crippen LogP contribution >= 0.6 is 12.4 Å². The molecule has 0 saturated heterocycles. The van der Waals surface area contributed by atoms with Gasteiger partial charge in [-0.25, -0.2) is 0 Å². The molecular weight excluding hydrogens is 182 g/mol. The first kappa shape index (κ1) is 10.6. The van der Waals surface area contributed by atoms with Crippen LogP contribution in [0.15, 0.2) is 18.2 Å². The van der Waals surface area contributed by atoms with E-state index in [9.17, 15) is 0 Å². The zero-order chi connectivity index (χ0) is 8.39. The zero-order valence-corrected chi connectivity index (χ0v) is 8.79. The van der Waals surface area contributed by atoms with Gasteiger partial charge < -0.3 is 5.32 Å². The first-order valence-corrected chi connectivity index (χ1v) is 4.72. The van der Waals surface area contributed by atoms with E-state index in [4.69, 9.17) is 0 Å². The Balaban J connectivity index is 0.000000845. The molecule has 72 valence electrons. The van der Waals surface area contributed by atoms with Crippen LogP contribution in [0.2, 0.25) is 0 Å². The van der Waals surface area contributed by atoms with Crippen molar-refractivity contribution in [2.45, 2.75) is 26.3 Å². The van der Waals surface area contributed by atoms with Crippen molar-refractivity contribution in [2.75, 3.05) is 6.54 Å². The van der Waals surface area contributed by atoms with E-state index >= 15 is 0 Å². The fourth-order valence-electron chi connectivity index (χ4n) is 1.92. The third kappa shape index (κ3) is 2.04. The van der Waals surface area contributed by atoms with Gasteiger partial charge in [-0.2, -0.15) is 0 Å². The predicted octanol–water partition coefficient (Wildman–Crippen LogP) is 2.32. The van der Waals surface area contributed by atoms with Crippen molar-refractivity contribution < 1.29 is 0 Å². The molecular formula is C11H16ClN. The Morgan fingerprint density at radius 2 is 2.23 bits per heavy atom. The first-order chi connectivity index (χ1) is 5.92. The van der Waals surface area contributed by atoms with Crippen molar-refractivity contribution in [1.82, 2.24) is 5.32 Å². The lowest BCUT2D eigenvalue weighted by molar-refractivity contribution is 0.638. The molecule has 1 aliphatic rings. The van der Waals surface area contributed by atoms with Crippen molar-refractivity contribution in [3.63, 3.8) is 0 Å². The minimum absolute atomic E-state index is 0. The Bertz CT molecular complexity index is 269. The molecule has 1 aromatic rings. The van der Waals surface area contributed by atoms with Crippen molar-refractivity contribution in [3.8, 4) is 0 Å². The topological polar surface area (TPSA) is 12.0 Å². The van der Waals surface area contributed by atoms with Gasteiger partial charge in [0.1, 0.15) is 0 Å². The lowest BCUT2D eigenvalue weighted by Gasteiger charge is -2.19. The highest BCUT2D eigenvalue weighted by atomic mass is 35.5. The molecule has 0 unspecified atom stereocenters. The molecule has 0 radical (unpaired) electrons. The summed E-state index contributed by atoms with van der Waals surface area (Å²) < 4.78 is 0. The Kier molecular flexibility index (Phi) is 3.76. The lowest BCUT2D eigenvalue weighted by atomic mass is 9.95. The number of halogens is 1. The van der Waals surface area contributed by atoms with Crippen LogP contribution in [0.25, 0.3) is 0 Å². The maximum Gasteiger partial charge on any atom is 0.0211 e. The summed E-state index contributed by atoms with van der Waals surface area (Å²) in [6, 6.07) is 6.68. The highest BCUT2D eigenvalue weighted by molar-refractivity contribution is 5.85. The molecule has 0 fully saturated rings. The molecule has 2 rings (SSSR count). The van der Waals surface area contributed by atoms with Gasteiger partial charge in [0.2, 0.25) is 0 Å². The Morgan fingerprint density at radius 3 is 3.00 bits per heavy atom. The molecule has 0 aliphatic carbocycles. The molecule has 1 heterocycles. The van der Waals surface area contributed by atoms with Crippen LogP contribution in [-0.4, -0.2) is 6.54 Å². The summed E-state index contributed by atoms with van der Waals surface area (Å²) in [7, 11) is 0. The van der Waals surface area contributed by atoms with Gasteiger partial charge in [-0.3, -0.25) is 0 Å². The number of rotatable bonds is 1. The highest BCUT2D eigenvalue weighted by Gasteiger charge is 2.10. The maximum absolute atomic E-state index is 3.42. The van der Waals surface area contributed by atoms with E-state index in [1.165, 1.54) is 12.0 Å². The normalized spacial score (nSPS) is 14.5. The average molecular weight is 198 g/mol. The number of nitrogens with one attached hydrogen (secondary N) is 1. The van der Waals surface area contributed by atoms with Crippen LogP contribution in [-0.2, 0) is 19.4 Å². The molecule has 0 amide bonds. The summed E-state index contributed by atoms with van der Waals surface area (Å²) in [5.41, 5.74) is 4.61. The summed E-state index contributed by atoms with van der Waals surface area (Å²) in [5, 5.41) is 3.42. The van der Waals surface area contributed by atoms with E-state index in [0.717, 1.165) is 19.5 Å². The Labute approximate surface area is 86.0 Å². The molecule has 1 aliphatic heterocycles. The van der Waals surface area contributed by atoms with Crippen LogP contribution in [0, 0.1) is 0 Å². The van der Waals surface area contributed by atoms with Gasteiger partial charge in [0.25, 0.3) is 0 Å². The highest BCUT2D eigenvalue weighted by Crippen LogP contribution is 2.18. The van der Waals surface area contributed by atoms with Gasteiger partial charge in [-0.15, -0.1) is 12.4 Å². The quantitative estimate of drug-likeness (QED) is 0.729. The predicted molar refractivity (Wildman–Crippen MR) is 58.5 cm³/mol. The minimum atomic E-state index is 0. The van der Waals surface area contributed by atoms with E-state index < -0.39 is 0 Å². The molecule has 1 nitrogen and oxygen atoms in total. The second kappa shape index (κ2) is 4.64. The molecule has 0 saturated carbocycles. The number of benzene rings is 1.